The van der Waals surface area contributed by atoms with Crippen molar-refractivity contribution in [3.63, 3.8) is 0 Å². The van der Waals surface area contributed by atoms with E-state index >= 15 is 0 Å². The summed E-state index contributed by atoms with van der Waals surface area (Å²) in [6, 6.07) is 5.14. The second kappa shape index (κ2) is 7.04. The number of hydrogen-bond acceptors (Lipinski definition) is 7. The molecule has 0 N–H and O–H groups in total. The second-order valence-corrected chi connectivity index (χ2v) is 6.38. The Bertz CT molecular complexity index is 1040. The van der Waals surface area contributed by atoms with Gasteiger partial charge in [-0.2, -0.15) is 0 Å². The SMILES string of the molecule is CCOC(=O)[C@@H](C)n1cnc2scc(-c3ccc([N+](=O)[O-])cc3)c2c1=O. The van der Waals surface area contributed by atoms with Gasteiger partial charge in [-0.25, -0.2) is 9.78 Å². The first kappa shape index (κ1) is 17.7. The Morgan fingerprint density at radius 1 is 1.38 bits per heavy atom. The van der Waals surface area contributed by atoms with Crippen molar-refractivity contribution in [2.24, 2.45) is 0 Å². The molecule has 1 aromatic carbocycles. The monoisotopic (exact) mass is 373 g/mol. The summed E-state index contributed by atoms with van der Waals surface area (Å²) in [4.78, 5) is 40.0. The van der Waals surface area contributed by atoms with Crippen LogP contribution in [0.5, 0.6) is 0 Å². The Balaban J connectivity index is 2.11. The molecule has 0 saturated heterocycles. The fourth-order valence-electron chi connectivity index (χ4n) is 2.57. The van der Waals surface area contributed by atoms with Crippen LogP contribution < -0.4 is 5.56 Å². The molecule has 0 aliphatic heterocycles. The van der Waals surface area contributed by atoms with Crippen LogP contribution in [-0.2, 0) is 9.53 Å². The maximum atomic E-state index is 12.9. The number of carbonyl (C=O) groups excluding carboxylic acids is 1. The van der Waals surface area contributed by atoms with Gasteiger partial charge in [0.15, 0.2) is 0 Å². The van der Waals surface area contributed by atoms with Gasteiger partial charge in [0, 0.05) is 23.1 Å². The minimum atomic E-state index is -0.802. The lowest BCUT2D eigenvalue weighted by molar-refractivity contribution is -0.384. The highest BCUT2D eigenvalue weighted by atomic mass is 32.1. The van der Waals surface area contributed by atoms with Crippen LogP contribution in [0.2, 0.25) is 0 Å². The van der Waals surface area contributed by atoms with Gasteiger partial charge in [0.1, 0.15) is 10.9 Å². The molecule has 0 amide bonds. The van der Waals surface area contributed by atoms with Gasteiger partial charge in [-0.1, -0.05) is 0 Å². The molecule has 3 aromatic rings. The number of nitro groups is 1. The van der Waals surface area contributed by atoms with E-state index in [2.05, 4.69) is 4.98 Å². The molecule has 26 heavy (non-hydrogen) atoms. The Kier molecular flexibility index (Phi) is 4.81. The number of thiophene rings is 1. The maximum absolute atomic E-state index is 12.9. The molecule has 2 aromatic heterocycles. The Morgan fingerprint density at radius 2 is 2.08 bits per heavy atom. The Hall–Kier alpha value is -3.07. The smallest absolute Gasteiger partial charge is 0.328 e. The van der Waals surface area contributed by atoms with Gasteiger partial charge in [0.05, 0.1) is 23.2 Å². The number of benzene rings is 1. The number of rotatable bonds is 5. The lowest BCUT2D eigenvalue weighted by Gasteiger charge is -2.13. The molecule has 0 aliphatic carbocycles. The van der Waals surface area contributed by atoms with E-state index in [0.29, 0.717) is 21.3 Å². The molecular weight excluding hydrogens is 358 g/mol. The largest absolute Gasteiger partial charge is 0.464 e. The van der Waals surface area contributed by atoms with Crippen molar-refractivity contribution < 1.29 is 14.5 Å². The third-order valence-corrected chi connectivity index (χ3v) is 4.84. The van der Waals surface area contributed by atoms with Crippen molar-refractivity contribution >= 4 is 33.2 Å². The van der Waals surface area contributed by atoms with Crippen LogP contribution >= 0.6 is 11.3 Å². The Morgan fingerprint density at radius 3 is 2.69 bits per heavy atom. The quantitative estimate of drug-likeness (QED) is 0.386. The highest BCUT2D eigenvalue weighted by Crippen LogP contribution is 2.31. The summed E-state index contributed by atoms with van der Waals surface area (Å²) in [5.74, 6) is -0.511. The molecule has 0 unspecified atom stereocenters. The Labute approximate surface area is 151 Å². The average molecular weight is 373 g/mol. The number of carbonyl (C=O) groups is 1. The number of ether oxygens (including phenoxy) is 1. The van der Waals surface area contributed by atoms with Gasteiger partial charge in [-0.05, 0) is 31.5 Å². The van der Waals surface area contributed by atoms with Crippen molar-refractivity contribution in [3.8, 4) is 11.1 Å². The normalized spacial score (nSPS) is 12.1. The first-order chi connectivity index (χ1) is 12.4. The third kappa shape index (κ3) is 3.08. The molecule has 0 fully saturated rings. The van der Waals surface area contributed by atoms with Crippen molar-refractivity contribution in [1.29, 1.82) is 0 Å². The van der Waals surface area contributed by atoms with Gasteiger partial charge in [-0.3, -0.25) is 19.5 Å². The summed E-state index contributed by atoms with van der Waals surface area (Å²) < 4.78 is 6.21. The standard InChI is InChI=1S/C17H15N3O5S/c1-3-25-17(22)10(2)19-9-18-15-14(16(19)21)13(8-26-15)11-4-6-12(7-5-11)20(23)24/h4-10H,3H2,1-2H3/t10-/m1/s1. The van der Waals surface area contributed by atoms with Gasteiger partial charge in [-0.15, -0.1) is 11.3 Å². The molecule has 134 valence electrons. The molecule has 0 bridgehead atoms. The minimum absolute atomic E-state index is 0.0280. The highest BCUT2D eigenvalue weighted by molar-refractivity contribution is 7.17. The van der Waals surface area contributed by atoms with E-state index in [4.69, 9.17) is 4.74 Å². The van der Waals surface area contributed by atoms with Crippen LogP contribution in [0.3, 0.4) is 0 Å². The zero-order valence-corrected chi connectivity index (χ0v) is 14.9. The van der Waals surface area contributed by atoms with Crippen molar-refractivity contribution in [3.05, 3.63) is 56.4 Å². The van der Waals surface area contributed by atoms with E-state index in [1.165, 1.54) is 34.4 Å². The van der Waals surface area contributed by atoms with E-state index < -0.39 is 16.9 Å². The molecular formula is C17H15N3O5S. The molecule has 0 aliphatic rings. The topological polar surface area (TPSA) is 104 Å². The van der Waals surface area contributed by atoms with Crippen molar-refractivity contribution in [1.82, 2.24) is 9.55 Å². The lowest BCUT2D eigenvalue weighted by atomic mass is 10.1. The summed E-state index contributed by atoms with van der Waals surface area (Å²) in [5, 5.41) is 13.0. The summed E-state index contributed by atoms with van der Waals surface area (Å²) >= 11 is 1.30. The number of non-ortho nitro benzene ring substituents is 1. The molecule has 0 saturated carbocycles. The van der Waals surface area contributed by atoms with Gasteiger partial charge >= 0.3 is 5.97 Å². The molecule has 0 spiro atoms. The van der Waals surface area contributed by atoms with E-state index in [1.807, 2.05) is 0 Å². The van der Waals surface area contributed by atoms with Crippen LogP contribution in [0.25, 0.3) is 21.3 Å². The number of hydrogen-bond donors (Lipinski definition) is 0. The summed E-state index contributed by atoms with van der Waals surface area (Å²) in [6.45, 7) is 3.49. The van der Waals surface area contributed by atoms with Crippen LogP contribution in [0.4, 0.5) is 5.69 Å². The molecule has 3 rings (SSSR count). The summed E-state index contributed by atoms with van der Waals surface area (Å²) in [6.07, 6.45) is 1.34. The number of nitrogens with zero attached hydrogens (tertiary/aromatic N) is 3. The van der Waals surface area contributed by atoms with E-state index in [0.717, 1.165) is 0 Å². The first-order valence-electron chi connectivity index (χ1n) is 7.83. The molecule has 1 atom stereocenters. The molecule has 2 heterocycles. The van der Waals surface area contributed by atoms with E-state index in [1.54, 1.807) is 31.4 Å². The third-order valence-electron chi connectivity index (χ3n) is 3.95. The van der Waals surface area contributed by atoms with E-state index in [-0.39, 0.29) is 17.9 Å². The maximum Gasteiger partial charge on any atom is 0.328 e. The van der Waals surface area contributed by atoms with Gasteiger partial charge in [0.25, 0.3) is 11.2 Å². The zero-order valence-electron chi connectivity index (χ0n) is 14.0. The van der Waals surface area contributed by atoms with Crippen LogP contribution in [0, 0.1) is 10.1 Å². The number of aromatic nitrogens is 2. The number of fused-ring (bicyclic) bond motifs is 1. The fourth-order valence-corrected chi connectivity index (χ4v) is 3.48. The number of nitro benzene ring substituents is 1. The minimum Gasteiger partial charge on any atom is -0.464 e. The molecule has 8 nitrogen and oxygen atoms in total. The zero-order chi connectivity index (χ0) is 18.8. The predicted octanol–water partition coefficient (Wildman–Crippen LogP) is 3.16. The van der Waals surface area contributed by atoms with Crippen LogP contribution in [-0.4, -0.2) is 27.1 Å². The lowest BCUT2D eigenvalue weighted by Crippen LogP contribution is -2.29. The first-order valence-corrected chi connectivity index (χ1v) is 8.71. The fraction of sp³-hybridized carbons (Fsp3) is 0.235. The highest BCUT2D eigenvalue weighted by Gasteiger charge is 2.21. The van der Waals surface area contributed by atoms with Crippen molar-refractivity contribution in [2.45, 2.75) is 19.9 Å². The van der Waals surface area contributed by atoms with E-state index in [9.17, 15) is 19.7 Å². The predicted molar refractivity (Wildman–Crippen MR) is 97.3 cm³/mol. The van der Waals surface area contributed by atoms with Gasteiger partial charge < -0.3 is 4.74 Å². The number of esters is 1. The van der Waals surface area contributed by atoms with Crippen LogP contribution in [0.15, 0.2) is 40.8 Å². The van der Waals surface area contributed by atoms with Crippen molar-refractivity contribution in [2.75, 3.05) is 6.61 Å². The summed E-state index contributed by atoms with van der Waals surface area (Å²) in [7, 11) is 0. The van der Waals surface area contributed by atoms with Crippen LogP contribution in [0.1, 0.15) is 19.9 Å². The molecule has 0 radical (unpaired) electrons. The molecule has 9 heteroatoms. The summed E-state index contributed by atoms with van der Waals surface area (Å²) in [5.41, 5.74) is 0.912. The second-order valence-electron chi connectivity index (χ2n) is 5.52. The average Bonchev–Trinajstić information content (AvgIpc) is 3.07. The van der Waals surface area contributed by atoms with Gasteiger partial charge in [0.2, 0.25) is 0 Å².